The maximum atomic E-state index is 13.9. The minimum absolute atomic E-state index is 0.0287. The average molecular weight is 351 g/mol. The molecule has 0 unspecified atom stereocenters. The highest BCUT2D eigenvalue weighted by Gasteiger charge is 2.23. The lowest BCUT2D eigenvalue weighted by Gasteiger charge is -2.10. The first-order chi connectivity index (χ1) is 11.4. The molecule has 0 amide bonds. The van der Waals surface area contributed by atoms with Gasteiger partial charge in [0.25, 0.3) is 0 Å². The zero-order valence-electron chi connectivity index (χ0n) is 13.4. The molecular weight excluding hydrogens is 332 g/mol. The Labute approximate surface area is 140 Å². The van der Waals surface area contributed by atoms with Crippen LogP contribution in [0.2, 0.25) is 0 Å². The Kier molecular flexibility index (Phi) is 4.69. The van der Waals surface area contributed by atoms with Crippen LogP contribution in [0.4, 0.5) is 8.78 Å². The van der Waals surface area contributed by atoms with Gasteiger partial charge in [-0.25, -0.2) is 21.9 Å². The molecule has 1 saturated carbocycles. The van der Waals surface area contributed by atoms with Crippen LogP contribution in [-0.4, -0.2) is 8.42 Å². The Bertz CT molecular complexity index is 844. The van der Waals surface area contributed by atoms with Gasteiger partial charge in [-0.1, -0.05) is 30.3 Å². The quantitative estimate of drug-likeness (QED) is 0.862. The van der Waals surface area contributed by atoms with Crippen molar-refractivity contribution in [1.82, 2.24) is 4.72 Å². The maximum absolute atomic E-state index is 13.9. The van der Waals surface area contributed by atoms with Crippen LogP contribution < -0.4 is 4.72 Å². The van der Waals surface area contributed by atoms with Crippen molar-refractivity contribution in [3.8, 4) is 0 Å². The van der Waals surface area contributed by atoms with Gasteiger partial charge in [0, 0.05) is 6.54 Å². The van der Waals surface area contributed by atoms with E-state index in [0.717, 1.165) is 24.0 Å². The summed E-state index contributed by atoms with van der Waals surface area (Å²) in [5, 5.41) is 0. The van der Waals surface area contributed by atoms with E-state index in [1.54, 1.807) is 0 Å². The summed E-state index contributed by atoms with van der Waals surface area (Å²) in [5.41, 5.74) is 2.07. The highest BCUT2D eigenvalue weighted by Crippen LogP contribution is 2.32. The molecule has 3 rings (SSSR count). The lowest BCUT2D eigenvalue weighted by atomic mass is 10.1. The molecule has 128 valence electrons. The van der Waals surface area contributed by atoms with E-state index in [0.29, 0.717) is 0 Å². The second-order valence-corrected chi connectivity index (χ2v) is 8.03. The number of aryl methyl sites for hydroxylation is 1. The molecule has 0 heterocycles. The molecular formula is C18H19F2NO2S. The first-order valence-electron chi connectivity index (χ1n) is 7.89. The standard InChI is InChI=1S/C18H19F2NO2S/c1-12-2-9-16(18(20)17(12)19)24(22,23)21-11-15-7-5-14(6-8-15)10-13-3-4-13/h2,5-9,13,21H,3-4,10-11H2,1H3. The monoisotopic (exact) mass is 351 g/mol. The van der Waals surface area contributed by atoms with E-state index in [1.807, 2.05) is 24.3 Å². The molecule has 1 fully saturated rings. The van der Waals surface area contributed by atoms with Crippen LogP contribution in [0, 0.1) is 24.5 Å². The molecule has 0 aromatic heterocycles. The van der Waals surface area contributed by atoms with Crippen molar-refractivity contribution in [2.45, 2.75) is 37.6 Å². The predicted octanol–water partition coefficient (Wildman–Crippen LogP) is 3.70. The van der Waals surface area contributed by atoms with Gasteiger partial charge < -0.3 is 0 Å². The number of rotatable bonds is 6. The molecule has 6 heteroatoms. The number of sulfonamides is 1. The van der Waals surface area contributed by atoms with Crippen molar-refractivity contribution in [3.05, 3.63) is 64.7 Å². The molecule has 3 nitrogen and oxygen atoms in total. The van der Waals surface area contributed by atoms with Crippen LogP contribution in [-0.2, 0) is 23.0 Å². The van der Waals surface area contributed by atoms with Crippen LogP contribution in [0.15, 0.2) is 41.3 Å². The highest BCUT2D eigenvalue weighted by atomic mass is 32.2. The lowest BCUT2D eigenvalue weighted by molar-refractivity contribution is 0.478. The summed E-state index contributed by atoms with van der Waals surface area (Å²) in [6.07, 6.45) is 3.61. The van der Waals surface area contributed by atoms with Crippen LogP contribution >= 0.6 is 0 Å². The van der Waals surface area contributed by atoms with Gasteiger partial charge in [-0.3, -0.25) is 0 Å². The Morgan fingerprint density at radius 1 is 1.00 bits per heavy atom. The van der Waals surface area contributed by atoms with Crippen LogP contribution in [0.25, 0.3) is 0 Å². The third kappa shape index (κ3) is 3.82. The summed E-state index contributed by atoms with van der Waals surface area (Å²) in [4.78, 5) is -0.670. The fourth-order valence-electron chi connectivity index (χ4n) is 2.54. The second-order valence-electron chi connectivity index (χ2n) is 6.30. The second kappa shape index (κ2) is 6.61. The molecule has 1 aliphatic rings. The van der Waals surface area contributed by atoms with Crippen molar-refractivity contribution in [1.29, 1.82) is 0 Å². The zero-order valence-corrected chi connectivity index (χ0v) is 14.2. The van der Waals surface area contributed by atoms with E-state index >= 15 is 0 Å². The van der Waals surface area contributed by atoms with E-state index in [2.05, 4.69) is 4.72 Å². The molecule has 2 aromatic rings. The molecule has 0 bridgehead atoms. The van der Waals surface area contributed by atoms with Crippen LogP contribution in [0.1, 0.15) is 29.5 Å². The van der Waals surface area contributed by atoms with Crippen molar-refractivity contribution >= 4 is 10.0 Å². The maximum Gasteiger partial charge on any atom is 0.243 e. The fourth-order valence-corrected chi connectivity index (χ4v) is 3.63. The number of halogens is 2. The van der Waals surface area contributed by atoms with Gasteiger partial charge in [-0.05, 0) is 54.9 Å². The predicted molar refractivity (Wildman–Crippen MR) is 88.0 cm³/mol. The van der Waals surface area contributed by atoms with Gasteiger partial charge in [0.2, 0.25) is 10.0 Å². The van der Waals surface area contributed by atoms with Crippen LogP contribution in [0.5, 0.6) is 0 Å². The number of hydrogen-bond donors (Lipinski definition) is 1. The summed E-state index contributed by atoms with van der Waals surface area (Å²) in [6, 6.07) is 10.00. The van der Waals surface area contributed by atoms with E-state index < -0.39 is 26.6 Å². The Balaban J connectivity index is 1.69. The number of hydrogen-bond acceptors (Lipinski definition) is 2. The van der Waals surface area contributed by atoms with Gasteiger partial charge in [-0.15, -0.1) is 0 Å². The third-order valence-corrected chi connectivity index (χ3v) is 5.66. The normalized spacial score (nSPS) is 14.8. The van der Waals surface area contributed by atoms with Crippen molar-refractivity contribution < 1.29 is 17.2 Å². The van der Waals surface area contributed by atoms with Crippen molar-refractivity contribution in [2.24, 2.45) is 5.92 Å². The van der Waals surface area contributed by atoms with E-state index in [4.69, 9.17) is 0 Å². The third-order valence-electron chi connectivity index (χ3n) is 4.24. The van der Waals surface area contributed by atoms with E-state index in [1.165, 1.54) is 31.4 Å². The molecule has 24 heavy (non-hydrogen) atoms. The van der Waals surface area contributed by atoms with Gasteiger partial charge in [-0.2, -0.15) is 0 Å². The molecule has 2 aromatic carbocycles. The minimum atomic E-state index is -4.11. The lowest BCUT2D eigenvalue weighted by Crippen LogP contribution is -2.24. The Morgan fingerprint density at radius 3 is 2.25 bits per heavy atom. The average Bonchev–Trinajstić information content (AvgIpc) is 3.36. The smallest absolute Gasteiger partial charge is 0.207 e. The summed E-state index contributed by atoms with van der Waals surface area (Å²) < 4.78 is 54.1. The molecule has 1 N–H and O–H groups in total. The molecule has 0 radical (unpaired) electrons. The first-order valence-corrected chi connectivity index (χ1v) is 9.37. The van der Waals surface area contributed by atoms with Gasteiger partial charge in [0.1, 0.15) is 4.90 Å². The van der Waals surface area contributed by atoms with Gasteiger partial charge in [0.15, 0.2) is 11.6 Å². The topological polar surface area (TPSA) is 46.2 Å². The highest BCUT2D eigenvalue weighted by molar-refractivity contribution is 7.89. The molecule has 0 saturated heterocycles. The molecule has 1 aliphatic carbocycles. The summed E-state index contributed by atoms with van der Waals surface area (Å²) in [7, 11) is -4.11. The Hall–Kier alpha value is -1.79. The van der Waals surface area contributed by atoms with Crippen LogP contribution in [0.3, 0.4) is 0 Å². The first kappa shape index (κ1) is 17.0. The van der Waals surface area contributed by atoms with E-state index in [-0.39, 0.29) is 12.1 Å². The summed E-state index contributed by atoms with van der Waals surface area (Å²) in [5.74, 6) is -1.70. The largest absolute Gasteiger partial charge is 0.243 e. The molecule has 0 spiro atoms. The zero-order chi connectivity index (χ0) is 17.3. The van der Waals surface area contributed by atoms with E-state index in [9.17, 15) is 17.2 Å². The van der Waals surface area contributed by atoms with Crippen molar-refractivity contribution in [3.63, 3.8) is 0 Å². The SMILES string of the molecule is Cc1ccc(S(=O)(=O)NCc2ccc(CC3CC3)cc2)c(F)c1F. The molecule has 0 aliphatic heterocycles. The van der Waals surface area contributed by atoms with Gasteiger partial charge >= 0.3 is 0 Å². The fraction of sp³-hybridized carbons (Fsp3) is 0.333. The summed E-state index contributed by atoms with van der Waals surface area (Å²) in [6.45, 7) is 1.41. The van der Waals surface area contributed by atoms with Crippen molar-refractivity contribution in [2.75, 3.05) is 0 Å². The number of benzene rings is 2. The van der Waals surface area contributed by atoms with Gasteiger partial charge in [0.05, 0.1) is 0 Å². The minimum Gasteiger partial charge on any atom is -0.207 e. The summed E-state index contributed by atoms with van der Waals surface area (Å²) >= 11 is 0. The molecule has 0 atom stereocenters. The Morgan fingerprint density at radius 2 is 1.62 bits per heavy atom. The number of nitrogens with one attached hydrogen (secondary N) is 1.